The molecule has 8 nitrogen and oxygen atoms in total. The van der Waals surface area contributed by atoms with E-state index in [4.69, 9.17) is 14.3 Å². The van der Waals surface area contributed by atoms with Gasteiger partial charge >= 0.3 is 0 Å². The van der Waals surface area contributed by atoms with Crippen molar-refractivity contribution in [3.05, 3.63) is 39.3 Å². The van der Waals surface area contributed by atoms with Crippen LogP contribution >= 0.6 is 11.3 Å². The molecule has 0 spiro atoms. The third-order valence-corrected chi connectivity index (χ3v) is 7.02. The number of rotatable bonds is 11. The Balaban J connectivity index is 1.80. The van der Waals surface area contributed by atoms with Crippen LogP contribution in [0.4, 0.5) is 0 Å². The molecule has 1 aromatic carbocycles. The number of amides is 1. The molecule has 0 aliphatic rings. The van der Waals surface area contributed by atoms with Gasteiger partial charge in [-0.2, -0.15) is 0 Å². The maximum Gasteiger partial charge on any atom is 0.258 e. The number of benzene rings is 1. The monoisotopic (exact) mass is 501 g/mol. The molecule has 1 amide bonds. The Morgan fingerprint density at radius 1 is 1.20 bits per heavy atom. The molecule has 0 aliphatic carbocycles. The van der Waals surface area contributed by atoms with E-state index in [1.807, 2.05) is 26.0 Å². The lowest BCUT2D eigenvalue weighted by molar-refractivity contribution is -0.124. The van der Waals surface area contributed by atoms with Crippen molar-refractivity contribution in [3.8, 4) is 28.0 Å². The molecular formula is C26H35N3O5S. The predicted octanol–water partition coefficient (Wildman–Crippen LogP) is 4.00. The number of carbonyl (C=O) groups excluding carboxylic acids is 1. The summed E-state index contributed by atoms with van der Waals surface area (Å²) in [6.45, 7) is 12.1. The minimum absolute atomic E-state index is 0.00321. The van der Waals surface area contributed by atoms with Gasteiger partial charge in [-0.25, -0.2) is 0 Å². The van der Waals surface area contributed by atoms with E-state index in [-0.39, 0.29) is 13.2 Å². The van der Waals surface area contributed by atoms with E-state index in [1.54, 1.807) is 11.3 Å². The molecule has 2 aromatic heterocycles. The molecule has 0 fully saturated rings. The lowest BCUT2D eigenvalue weighted by Gasteiger charge is -2.17. The van der Waals surface area contributed by atoms with Crippen LogP contribution in [0.5, 0.6) is 5.75 Å². The van der Waals surface area contributed by atoms with Gasteiger partial charge in [-0.1, -0.05) is 20.8 Å². The number of ether oxygens (including phenoxy) is 1. The number of aliphatic hydroxyl groups is 2. The molecule has 190 valence electrons. The molecule has 3 N–H and O–H groups in total. The largest absolute Gasteiger partial charge is 0.490 e. The van der Waals surface area contributed by atoms with Crippen molar-refractivity contribution in [2.24, 2.45) is 5.92 Å². The molecule has 2 heterocycles. The highest BCUT2D eigenvalue weighted by atomic mass is 32.1. The number of nitrogens with zero attached hydrogens (tertiary/aromatic N) is 2. The van der Waals surface area contributed by atoms with Crippen molar-refractivity contribution >= 4 is 17.2 Å². The van der Waals surface area contributed by atoms with E-state index in [0.717, 1.165) is 28.0 Å². The Kier molecular flexibility index (Phi) is 9.04. The van der Waals surface area contributed by atoms with Crippen molar-refractivity contribution in [1.82, 2.24) is 15.5 Å². The zero-order valence-corrected chi connectivity index (χ0v) is 22.1. The summed E-state index contributed by atoms with van der Waals surface area (Å²) < 4.78 is 12.0. The van der Waals surface area contributed by atoms with Crippen LogP contribution in [0.1, 0.15) is 47.9 Å². The predicted molar refractivity (Wildman–Crippen MR) is 137 cm³/mol. The van der Waals surface area contributed by atoms with Crippen LogP contribution in [0.2, 0.25) is 0 Å². The fourth-order valence-corrected chi connectivity index (χ4v) is 5.11. The minimum atomic E-state index is -0.897. The summed E-state index contributed by atoms with van der Waals surface area (Å²) in [6.07, 6.45) is 0.841. The van der Waals surface area contributed by atoms with Gasteiger partial charge in [-0.05, 0) is 73.9 Å². The maximum absolute atomic E-state index is 11.2. The lowest BCUT2D eigenvalue weighted by Crippen LogP contribution is -2.36. The van der Waals surface area contributed by atoms with Gasteiger partial charge in [-0.3, -0.25) is 4.79 Å². The van der Waals surface area contributed by atoms with E-state index in [9.17, 15) is 9.90 Å². The van der Waals surface area contributed by atoms with Gasteiger partial charge in [-0.15, -0.1) is 21.5 Å². The molecule has 3 rings (SSSR count). The van der Waals surface area contributed by atoms with Crippen LogP contribution in [0.15, 0.2) is 16.5 Å². The Hall–Kier alpha value is -2.75. The Bertz CT molecular complexity index is 1170. The average Bonchev–Trinajstić information content (AvgIpc) is 3.41. The lowest BCUT2D eigenvalue weighted by atomic mass is 9.99. The molecule has 0 aliphatic heterocycles. The summed E-state index contributed by atoms with van der Waals surface area (Å²) in [5.41, 5.74) is 5.22. The highest BCUT2D eigenvalue weighted by Gasteiger charge is 2.21. The standard InChI is InChI=1S/C26H35N3O5S/c1-7-18-10-19(9-15(4)23(18)33-13-20(31)11-27-22(32)12-30)25-28-29-26(34-25)24-16(5)21(8-14(2)3)17(6)35-24/h9-10,14,20,30-31H,7-8,11-13H2,1-6H3,(H,27,32)/t20-/m0/s1. The third-order valence-electron chi connectivity index (χ3n) is 5.78. The van der Waals surface area contributed by atoms with Crippen molar-refractivity contribution in [1.29, 1.82) is 0 Å². The molecule has 9 heteroatoms. The zero-order valence-electron chi connectivity index (χ0n) is 21.3. The summed E-state index contributed by atoms with van der Waals surface area (Å²) >= 11 is 1.69. The minimum Gasteiger partial charge on any atom is -0.490 e. The topological polar surface area (TPSA) is 118 Å². The first-order chi connectivity index (χ1) is 16.6. The second-order valence-corrected chi connectivity index (χ2v) is 10.4. The van der Waals surface area contributed by atoms with Crippen LogP contribution in [0.25, 0.3) is 22.2 Å². The fraction of sp³-hybridized carbons (Fsp3) is 0.500. The first kappa shape index (κ1) is 26.8. The van der Waals surface area contributed by atoms with E-state index in [1.165, 1.54) is 16.0 Å². The number of hydrogen-bond donors (Lipinski definition) is 3. The number of carbonyl (C=O) groups is 1. The van der Waals surface area contributed by atoms with Crippen molar-refractivity contribution in [2.45, 2.75) is 60.5 Å². The molecule has 35 heavy (non-hydrogen) atoms. The SMILES string of the molecule is CCc1cc(-c2nnc(-c3sc(C)c(CC(C)C)c3C)o2)cc(C)c1OC[C@@H](O)CNC(=O)CO. The summed E-state index contributed by atoms with van der Waals surface area (Å²) in [4.78, 5) is 13.5. The average molecular weight is 502 g/mol. The Morgan fingerprint density at radius 2 is 1.91 bits per heavy atom. The Morgan fingerprint density at radius 3 is 2.57 bits per heavy atom. The molecule has 0 unspecified atom stereocenters. The smallest absolute Gasteiger partial charge is 0.258 e. The second kappa shape index (κ2) is 11.8. The van der Waals surface area contributed by atoms with Crippen LogP contribution in [-0.4, -0.2) is 52.2 Å². The van der Waals surface area contributed by atoms with Crippen LogP contribution < -0.4 is 10.1 Å². The number of aliphatic hydroxyl groups excluding tert-OH is 2. The van der Waals surface area contributed by atoms with E-state index < -0.39 is 18.6 Å². The van der Waals surface area contributed by atoms with Gasteiger partial charge in [0.1, 0.15) is 25.1 Å². The third kappa shape index (κ3) is 6.48. The van der Waals surface area contributed by atoms with Gasteiger partial charge in [0, 0.05) is 17.0 Å². The van der Waals surface area contributed by atoms with E-state index >= 15 is 0 Å². The Labute approximate surface area is 210 Å². The van der Waals surface area contributed by atoms with Crippen LogP contribution in [-0.2, 0) is 17.6 Å². The van der Waals surface area contributed by atoms with E-state index in [2.05, 4.69) is 43.2 Å². The number of aromatic nitrogens is 2. The molecule has 0 radical (unpaired) electrons. The van der Waals surface area contributed by atoms with Crippen LogP contribution in [0.3, 0.4) is 0 Å². The second-order valence-electron chi connectivity index (χ2n) is 9.16. The number of nitrogens with one attached hydrogen (secondary N) is 1. The molecule has 3 aromatic rings. The normalized spacial score (nSPS) is 12.3. The maximum atomic E-state index is 11.2. The van der Waals surface area contributed by atoms with E-state index in [0.29, 0.717) is 29.9 Å². The van der Waals surface area contributed by atoms with Gasteiger partial charge < -0.3 is 24.7 Å². The molecule has 1 atom stereocenters. The summed E-state index contributed by atoms with van der Waals surface area (Å²) in [5, 5.41) is 29.9. The fourth-order valence-electron chi connectivity index (χ4n) is 4.00. The van der Waals surface area contributed by atoms with Crippen molar-refractivity contribution in [2.75, 3.05) is 19.8 Å². The van der Waals surface area contributed by atoms with Gasteiger partial charge in [0.25, 0.3) is 5.89 Å². The van der Waals surface area contributed by atoms with Gasteiger partial charge in [0.15, 0.2) is 0 Å². The highest BCUT2D eigenvalue weighted by Crippen LogP contribution is 2.38. The molecule has 0 saturated heterocycles. The first-order valence-corrected chi connectivity index (χ1v) is 12.7. The summed E-state index contributed by atoms with van der Waals surface area (Å²) in [5.74, 6) is 1.70. The zero-order chi connectivity index (χ0) is 25.7. The number of hydrogen-bond acceptors (Lipinski definition) is 8. The number of aryl methyl sites for hydroxylation is 3. The molecule has 0 bridgehead atoms. The van der Waals surface area contributed by atoms with Crippen molar-refractivity contribution < 1.29 is 24.2 Å². The van der Waals surface area contributed by atoms with Crippen LogP contribution in [0, 0.1) is 26.7 Å². The molecule has 0 saturated carbocycles. The van der Waals surface area contributed by atoms with Gasteiger partial charge in [0.2, 0.25) is 11.8 Å². The first-order valence-electron chi connectivity index (χ1n) is 11.9. The van der Waals surface area contributed by atoms with Crippen molar-refractivity contribution in [3.63, 3.8) is 0 Å². The van der Waals surface area contributed by atoms with Gasteiger partial charge in [0.05, 0.1) is 4.88 Å². The quantitative estimate of drug-likeness (QED) is 0.363. The summed E-state index contributed by atoms with van der Waals surface area (Å²) in [7, 11) is 0. The number of thiophene rings is 1. The summed E-state index contributed by atoms with van der Waals surface area (Å²) in [6, 6.07) is 3.90. The molecular weight excluding hydrogens is 466 g/mol. The highest BCUT2D eigenvalue weighted by molar-refractivity contribution is 7.15.